The Hall–Kier alpha value is -3.51. The second kappa shape index (κ2) is 11.2. The third-order valence-electron chi connectivity index (χ3n) is 8.59. The van der Waals surface area contributed by atoms with E-state index in [1.165, 1.54) is 13.0 Å². The SMILES string of the molecule is CC(C(N)=O)C(=O)[C@@]1(O)C(=O)C2=C(O)c3c(O)ccc(CNCc4cccn4C)c3C[C@H]2C[C@H]1[C@@H](CO)N(C)C. The van der Waals surface area contributed by atoms with E-state index in [0.717, 1.165) is 11.3 Å². The first-order valence-corrected chi connectivity index (χ1v) is 13.3. The van der Waals surface area contributed by atoms with Gasteiger partial charge in [0, 0.05) is 49.6 Å². The molecule has 11 nitrogen and oxygen atoms in total. The summed E-state index contributed by atoms with van der Waals surface area (Å²) in [4.78, 5) is 41.0. The van der Waals surface area contributed by atoms with Crippen LogP contribution in [0.25, 0.3) is 5.76 Å². The van der Waals surface area contributed by atoms with Crippen LogP contribution in [0, 0.1) is 17.8 Å². The molecule has 0 spiro atoms. The summed E-state index contributed by atoms with van der Waals surface area (Å²) < 4.78 is 2.00. The molecule has 2 aromatic rings. The summed E-state index contributed by atoms with van der Waals surface area (Å²) in [6.07, 6.45) is 2.27. The standard InChI is InChI=1S/C29H38N4O7/c1-15(28(30)39)26(37)29(40)20(21(14-34)32(2)3)11-17-10-19-16(12-31-13-18-6-5-9-33(18)4)7-8-22(35)24(19)25(36)23(17)27(29)38/h5-9,15,17,20-21,31,34-36,40H,10-14H2,1-4H3,(H2,30,39)/t15?,17-,20-,21+,29+/m0/s1. The van der Waals surface area contributed by atoms with E-state index in [0.29, 0.717) is 18.7 Å². The Labute approximate surface area is 232 Å². The molecule has 2 aliphatic carbocycles. The first kappa shape index (κ1) is 29.5. The van der Waals surface area contributed by atoms with Gasteiger partial charge in [-0.15, -0.1) is 0 Å². The summed E-state index contributed by atoms with van der Waals surface area (Å²) in [7, 11) is 5.26. The number of carbonyl (C=O) groups excluding carboxylic acids is 3. The topological polar surface area (TPSA) is 178 Å². The Morgan fingerprint density at radius 1 is 1.23 bits per heavy atom. The van der Waals surface area contributed by atoms with Crippen LogP contribution in [0.3, 0.4) is 0 Å². The highest BCUT2D eigenvalue weighted by atomic mass is 16.3. The number of nitrogens with zero attached hydrogens (tertiary/aromatic N) is 2. The van der Waals surface area contributed by atoms with Gasteiger partial charge in [0.2, 0.25) is 11.7 Å². The molecule has 1 heterocycles. The second-order valence-electron chi connectivity index (χ2n) is 11.1. The van der Waals surface area contributed by atoms with Crippen molar-refractivity contribution in [2.24, 2.45) is 30.5 Å². The van der Waals surface area contributed by atoms with Crippen LogP contribution in [0.1, 0.15) is 35.7 Å². The van der Waals surface area contributed by atoms with Crippen molar-refractivity contribution in [3.05, 3.63) is 58.4 Å². The van der Waals surface area contributed by atoms with Gasteiger partial charge in [-0.1, -0.05) is 6.07 Å². The van der Waals surface area contributed by atoms with Gasteiger partial charge in [0.05, 0.1) is 18.1 Å². The quantitative estimate of drug-likeness (QED) is 0.227. The minimum absolute atomic E-state index is 0.0631. The molecule has 40 heavy (non-hydrogen) atoms. The number of aliphatic hydroxyl groups excluding tert-OH is 2. The number of primary amides is 1. The lowest BCUT2D eigenvalue weighted by atomic mass is 9.59. The normalized spacial score (nSPS) is 24.0. The Kier molecular flexibility index (Phi) is 8.23. The molecule has 0 aliphatic heterocycles. The second-order valence-corrected chi connectivity index (χ2v) is 11.1. The fraction of sp³-hybridized carbons (Fsp3) is 0.483. The van der Waals surface area contributed by atoms with Gasteiger partial charge < -0.3 is 40.9 Å². The number of fused-ring (bicyclic) bond motifs is 2. The fourth-order valence-electron chi connectivity index (χ4n) is 6.21. The van der Waals surface area contributed by atoms with Crippen LogP contribution < -0.4 is 11.1 Å². The number of ketones is 2. The molecule has 4 rings (SSSR count). The molecule has 1 aromatic heterocycles. The van der Waals surface area contributed by atoms with Crippen LogP contribution >= 0.6 is 0 Å². The molecule has 0 bridgehead atoms. The van der Waals surface area contributed by atoms with Gasteiger partial charge in [0.15, 0.2) is 11.4 Å². The zero-order valence-electron chi connectivity index (χ0n) is 23.2. The van der Waals surface area contributed by atoms with Crippen LogP contribution in [0.15, 0.2) is 36.0 Å². The van der Waals surface area contributed by atoms with Crippen molar-refractivity contribution in [1.82, 2.24) is 14.8 Å². The van der Waals surface area contributed by atoms with Crippen LogP contribution in [-0.4, -0.2) is 79.7 Å². The minimum atomic E-state index is -2.71. The van der Waals surface area contributed by atoms with E-state index in [1.54, 1.807) is 25.1 Å². The number of hydrogen-bond donors (Lipinski definition) is 6. The van der Waals surface area contributed by atoms with Crippen molar-refractivity contribution in [2.75, 3.05) is 20.7 Å². The number of nitrogens with two attached hydrogens (primary N) is 1. The molecular formula is C29H38N4O7. The van der Waals surface area contributed by atoms with Crippen LogP contribution in [0.2, 0.25) is 0 Å². The maximum Gasteiger partial charge on any atom is 0.227 e. The lowest BCUT2D eigenvalue weighted by molar-refractivity contribution is -0.166. The van der Waals surface area contributed by atoms with Crippen LogP contribution in [0.4, 0.5) is 0 Å². The number of aromatic hydroxyl groups is 1. The van der Waals surface area contributed by atoms with Crippen molar-refractivity contribution in [2.45, 2.75) is 44.5 Å². The number of aliphatic hydroxyl groups is 3. The van der Waals surface area contributed by atoms with E-state index in [4.69, 9.17) is 5.73 Å². The highest BCUT2D eigenvalue weighted by Gasteiger charge is 2.61. The average Bonchev–Trinajstić information content (AvgIpc) is 3.31. The number of likely N-dealkylation sites (N-methyl/N-ethyl adjacent to an activating group) is 1. The molecule has 5 atom stereocenters. The molecule has 216 valence electrons. The van der Waals surface area contributed by atoms with E-state index in [2.05, 4.69) is 5.32 Å². The summed E-state index contributed by atoms with van der Waals surface area (Å²) >= 11 is 0. The highest BCUT2D eigenvalue weighted by molar-refractivity contribution is 6.24. The van der Waals surface area contributed by atoms with Gasteiger partial charge >= 0.3 is 0 Å². The van der Waals surface area contributed by atoms with E-state index in [9.17, 15) is 34.8 Å². The third-order valence-corrected chi connectivity index (χ3v) is 8.59. The lowest BCUT2D eigenvalue weighted by Gasteiger charge is -2.48. The van der Waals surface area contributed by atoms with Crippen LogP contribution in [-0.2, 0) is 40.9 Å². The first-order chi connectivity index (χ1) is 18.8. The van der Waals surface area contributed by atoms with Gasteiger partial charge in [0.25, 0.3) is 0 Å². The number of carbonyl (C=O) groups is 3. The molecule has 1 unspecified atom stereocenters. The van der Waals surface area contributed by atoms with E-state index in [1.807, 2.05) is 29.9 Å². The lowest BCUT2D eigenvalue weighted by Crippen LogP contribution is -2.65. The Bertz CT molecular complexity index is 1360. The predicted octanol–water partition coefficient (Wildman–Crippen LogP) is 0.395. The average molecular weight is 555 g/mol. The molecule has 1 amide bonds. The molecule has 1 fully saturated rings. The van der Waals surface area contributed by atoms with Gasteiger partial charge in [-0.25, -0.2) is 0 Å². The minimum Gasteiger partial charge on any atom is -0.507 e. The van der Waals surface area contributed by atoms with Crippen molar-refractivity contribution < 1.29 is 34.8 Å². The number of benzene rings is 1. The third kappa shape index (κ3) is 4.83. The molecular weight excluding hydrogens is 516 g/mol. The number of phenolic OH excluding ortho intramolecular Hbond substituents is 1. The monoisotopic (exact) mass is 554 g/mol. The molecule has 0 saturated heterocycles. The smallest absolute Gasteiger partial charge is 0.227 e. The first-order valence-electron chi connectivity index (χ1n) is 13.3. The van der Waals surface area contributed by atoms with E-state index in [-0.39, 0.29) is 29.7 Å². The molecule has 1 saturated carbocycles. The van der Waals surface area contributed by atoms with Crippen molar-refractivity contribution in [3.8, 4) is 5.75 Å². The predicted molar refractivity (Wildman–Crippen MR) is 147 cm³/mol. The summed E-state index contributed by atoms with van der Waals surface area (Å²) in [6.45, 7) is 1.77. The fourth-order valence-corrected chi connectivity index (χ4v) is 6.21. The van der Waals surface area contributed by atoms with E-state index >= 15 is 0 Å². The maximum atomic E-state index is 14.0. The summed E-state index contributed by atoms with van der Waals surface area (Å²) in [5, 5.41) is 47.5. The summed E-state index contributed by atoms with van der Waals surface area (Å²) in [6, 6.07) is 6.34. The van der Waals surface area contributed by atoms with Crippen molar-refractivity contribution in [3.63, 3.8) is 0 Å². The van der Waals surface area contributed by atoms with Crippen molar-refractivity contribution in [1.29, 1.82) is 0 Å². The molecule has 7 N–H and O–H groups in total. The van der Waals surface area contributed by atoms with Gasteiger partial charge in [-0.3, -0.25) is 14.4 Å². The number of nitrogens with one attached hydrogen (secondary N) is 1. The largest absolute Gasteiger partial charge is 0.507 e. The number of aryl methyl sites for hydroxylation is 1. The number of aromatic nitrogens is 1. The number of phenols is 1. The zero-order chi connectivity index (χ0) is 29.5. The van der Waals surface area contributed by atoms with E-state index < -0.39 is 59.2 Å². The van der Waals surface area contributed by atoms with Crippen molar-refractivity contribution >= 4 is 23.2 Å². The molecule has 1 aromatic carbocycles. The Morgan fingerprint density at radius 2 is 1.93 bits per heavy atom. The van der Waals surface area contributed by atoms with Gasteiger partial charge in [-0.05, 0) is 69.1 Å². The number of Topliss-reactive ketones (excluding diaryl/α,β-unsaturated/α-hetero) is 2. The number of amides is 1. The Morgan fingerprint density at radius 3 is 2.50 bits per heavy atom. The van der Waals surface area contributed by atoms with Gasteiger partial charge in [0.1, 0.15) is 11.5 Å². The Balaban J connectivity index is 1.78. The maximum absolute atomic E-state index is 14.0. The molecule has 11 heteroatoms. The summed E-state index contributed by atoms with van der Waals surface area (Å²) in [5.74, 6) is -7.04. The highest BCUT2D eigenvalue weighted by Crippen LogP contribution is 2.50. The number of rotatable bonds is 10. The van der Waals surface area contributed by atoms with Crippen LogP contribution in [0.5, 0.6) is 5.75 Å². The number of hydrogen-bond acceptors (Lipinski definition) is 9. The molecule has 2 aliphatic rings. The molecule has 0 radical (unpaired) electrons. The van der Waals surface area contributed by atoms with Gasteiger partial charge in [-0.2, -0.15) is 0 Å². The summed E-state index contributed by atoms with van der Waals surface area (Å²) in [5.41, 5.74) is 5.11. The zero-order valence-corrected chi connectivity index (χ0v) is 23.2.